The summed E-state index contributed by atoms with van der Waals surface area (Å²) in [5, 5.41) is 0. The average Bonchev–Trinajstić information content (AvgIpc) is 2.43. The molecule has 0 fully saturated rings. The standard InChI is InChI=1S/C12H14O3/c1-2-4-9-5-3-6-11-12(9)15-8-10(13)7-14-11/h3,5-6H,2,4,7-8H2,1H3. The molecule has 80 valence electrons. The molecule has 15 heavy (non-hydrogen) atoms. The Kier molecular flexibility index (Phi) is 2.90. The molecule has 2 rings (SSSR count). The van der Waals surface area contributed by atoms with Gasteiger partial charge < -0.3 is 9.47 Å². The molecular formula is C12H14O3. The molecule has 0 aliphatic carbocycles. The zero-order chi connectivity index (χ0) is 10.7. The first kappa shape index (κ1) is 10.0. The van der Waals surface area contributed by atoms with Gasteiger partial charge in [-0.3, -0.25) is 4.79 Å². The molecule has 3 nitrogen and oxygen atoms in total. The van der Waals surface area contributed by atoms with E-state index in [-0.39, 0.29) is 19.0 Å². The number of hydrogen-bond donors (Lipinski definition) is 0. The van der Waals surface area contributed by atoms with Crippen molar-refractivity contribution in [2.45, 2.75) is 19.8 Å². The number of fused-ring (bicyclic) bond motifs is 1. The average molecular weight is 206 g/mol. The molecule has 0 saturated heterocycles. The fourth-order valence-corrected chi connectivity index (χ4v) is 1.66. The van der Waals surface area contributed by atoms with Crippen molar-refractivity contribution in [2.75, 3.05) is 13.2 Å². The highest BCUT2D eigenvalue weighted by molar-refractivity contribution is 5.82. The molecule has 1 aromatic rings. The summed E-state index contributed by atoms with van der Waals surface area (Å²) in [5.74, 6) is 1.41. The van der Waals surface area contributed by atoms with E-state index in [9.17, 15) is 4.79 Å². The first-order valence-corrected chi connectivity index (χ1v) is 5.20. The van der Waals surface area contributed by atoms with Crippen molar-refractivity contribution >= 4 is 5.78 Å². The molecule has 1 heterocycles. The number of carbonyl (C=O) groups excluding carboxylic acids is 1. The van der Waals surface area contributed by atoms with Gasteiger partial charge in [0.2, 0.25) is 5.78 Å². The number of Topliss-reactive ketones (excluding diaryl/α,β-unsaturated/α-hetero) is 1. The Balaban J connectivity index is 2.33. The summed E-state index contributed by atoms with van der Waals surface area (Å²) in [5.41, 5.74) is 1.12. The third kappa shape index (κ3) is 2.12. The van der Waals surface area contributed by atoms with Gasteiger partial charge in [-0.2, -0.15) is 0 Å². The lowest BCUT2D eigenvalue weighted by atomic mass is 10.1. The lowest BCUT2D eigenvalue weighted by Crippen LogP contribution is -2.15. The molecule has 0 radical (unpaired) electrons. The number of carbonyl (C=O) groups is 1. The van der Waals surface area contributed by atoms with Gasteiger partial charge in [-0.15, -0.1) is 0 Å². The van der Waals surface area contributed by atoms with E-state index in [0.29, 0.717) is 5.75 Å². The quantitative estimate of drug-likeness (QED) is 0.742. The molecule has 0 amide bonds. The fourth-order valence-electron chi connectivity index (χ4n) is 1.66. The van der Waals surface area contributed by atoms with Crippen molar-refractivity contribution in [3.63, 3.8) is 0 Å². The van der Waals surface area contributed by atoms with Crippen molar-refractivity contribution in [2.24, 2.45) is 0 Å². The van der Waals surface area contributed by atoms with Gasteiger partial charge in [-0.25, -0.2) is 0 Å². The Hall–Kier alpha value is -1.51. The van der Waals surface area contributed by atoms with E-state index >= 15 is 0 Å². The summed E-state index contributed by atoms with van der Waals surface area (Å²) in [6.07, 6.45) is 1.99. The molecule has 0 spiro atoms. The van der Waals surface area contributed by atoms with Crippen LogP contribution in [0.5, 0.6) is 11.5 Å². The molecule has 1 aliphatic rings. The number of hydrogen-bond acceptors (Lipinski definition) is 3. The highest BCUT2D eigenvalue weighted by Gasteiger charge is 2.17. The number of ether oxygens (including phenoxy) is 2. The molecule has 0 bridgehead atoms. The van der Waals surface area contributed by atoms with Gasteiger partial charge in [0.05, 0.1) is 0 Å². The zero-order valence-corrected chi connectivity index (χ0v) is 8.79. The van der Waals surface area contributed by atoms with Crippen LogP contribution in [-0.4, -0.2) is 19.0 Å². The number of rotatable bonds is 2. The first-order valence-electron chi connectivity index (χ1n) is 5.20. The summed E-state index contributed by atoms with van der Waals surface area (Å²) in [7, 11) is 0. The molecule has 0 N–H and O–H groups in total. The van der Waals surface area contributed by atoms with Crippen molar-refractivity contribution < 1.29 is 14.3 Å². The number of para-hydroxylation sites is 1. The van der Waals surface area contributed by atoms with Gasteiger partial charge in [0.15, 0.2) is 24.7 Å². The molecule has 1 aliphatic heterocycles. The van der Waals surface area contributed by atoms with E-state index in [2.05, 4.69) is 6.92 Å². The van der Waals surface area contributed by atoms with Crippen LogP contribution in [0.3, 0.4) is 0 Å². The molecule has 1 aromatic carbocycles. The Bertz CT molecular complexity index is 371. The van der Waals surface area contributed by atoms with Crippen molar-refractivity contribution in [3.8, 4) is 11.5 Å². The van der Waals surface area contributed by atoms with Crippen LogP contribution < -0.4 is 9.47 Å². The minimum Gasteiger partial charge on any atom is -0.482 e. The first-order chi connectivity index (χ1) is 7.31. The van der Waals surface area contributed by atoms with Crippen LogP contribution in [-0.2, 0) is 11.2 Å². The topological polar surface area (TPSA) is 35.5 Å². The van der Waals surface area contributed by atoms with Crippen molar-refractivity contribution in [1.29, 1.82) is 0 Å². The van der Waals surface area contributed by atoms with E-state index in [1.807, 2.05) is 18.2 Å². The van der Waals surface area contributed by atoms with Gasteiger partial charge in [0.1, 0.15) is 0 Å². The Morgan fingerprint density at radius 1 is 1.27 bits per heavy atom. The van der Waals surface area contributed by atoms with Gasteiger partial charge in [-0.05, 0) is 18.1 Å². The highest BCUT2D eigenvalue weighted by atomic mass is 16.5. The second-order valence-electron chi connectivity index (χ2n) is 3.61. The summed E-state index contributed by atoms with van der Waals surface area (Å²) in [4.78, 5) is 11.2. The van der Waals surface area contributed by atoms with Crippen LogP contribution in [0.25, 0.3) is 0 Å². The molecule has 0 unspecified atom stereocenters. The molecular weight excluding hydrogens is 192 g/mol. The number of aryl methyl sites for hydroxylation is 1. The normalized spacial score (nSPS) is 14.9. The van der Waals surface area contributed by atoms with E-state index in [1.165, 1.54) is 0 Å². The van der Waals surface area contributed by atoms with Crippen molar-refractivity contribution in [3.05, 3.63) is 23.8 Å². The molecule has 3 heteroatoms. The third-order valence-corrected chi connectivity index (χ3v) is 2.35. The van der Waals surface area contributed by atoms with Crippen LogP contribution in [0.1, 0.15) is 18.9 Å². The predicted octanol–water partition coefficient (Wildman–Crippen LogP) is 1.98. The molecule has 0 aromatic heterocycles. The Morgan fingerprint density at radius 3 is 2.87 bits per heavy atom. The number of ketones is 1. The monoisotopic (exact) mass is 206 g/mol. The maximum Gasteiger partial charge on any atom is 0.207 e. The van der Waals surface area contributed by atoms with E-state index < -0.39 is 0 Å². The Morgan fingerprint density at radius 2 is 2.07 bits per heavy atom. The van der Waals surface area contributed by atoms with Crippen LogP contribution in [0.4, 0.5) is 0 Å². The summed E-state index contributed by atoms with van der Waals surface area (Å²) >= 11 is 0. The largest absolute Gasteiger partial charge is 0.482 e. The second-order valence-corrected chi connectivity index (χ2v) is 3.61. The lowest BCUT2D eigenvalue weighted by molar-refractivity contribution is -0.122. The van der Waals surface area contributed by atoms with Crippen molar-refractivity contribution in [1.82, 2.24) is 0 Å². The molecule has 0 atom stereocenters. The Labute approximate surface area is 89.0 Å². The van der Waals surface area contributed by atoms with Gasteiger partial charge in [0, 0.05) is 0 Å². The summed E-state index contributed by atoms with van der Waals surface area (Å²) < 4.78 is 10.8. The van der Waals surface area contributed by atoms with Gasteiger partial charge in [-0.1, -0.05) is 25.5 Å². The van der Waals surface area contributed by atoms with Crippen LogP contribution in [0.2, 0.25) is 0 Å². The fraction of sp³-hybridized carbons (Fsp3) is 0.417. The van der Waals surface area contributed by atoms with E-state index in [1.54, 1.807) is 0 Å². The van der Waals surface area contributed by atoms with Crippen LogP contribution >= 0.6 is 0 Å². The van der Waals surface area contributed by atoms with Gasteiger partial charge in [0.25, 0.3) is 0 Å². The smallest absolute Gasteiger partial charge is 0.207 e. The third-order valence-electron chi connectivity index (χ3n) is 2.35. The van der Waals surface area contributed by atoms with E-state index in [4.69, 9.17) is 9.47 Å². The van der Waals surface area contributed by atoms with Crippen LogP contribution in [0, 0.1) is 0 Å². The zero-order valence-electron chi connectivity index (χ0n) is 8.79. The molecule has 0 saturated carbocycles. The second kappa shape index (κ2) is 4.34. The summed E-state index contributed by atoms with van der Waals surface area (Å²) in [6.45, 7) is 2.35. The lowest BCUT2D eigenvalue weighted by Gasteiger charge is -2.10. The van der Waals surface area contributed by atoms with Crippen LogP contribution in [0.15, 0.2) is 18.2 Å². The minimum absolute atomic E-state index is 0.0198. The van der Waals surface area contributed by atoms with E-state index in [0.717, 1.165) is 24.2 Å². The minimum atomic E-state index is -0.0198. The highest BCUT2D eigenvalue weighted by Crippen LogP contribution is 2.33. The maximum absolute atomic E-state index is 11.2. The maximum atomic E-state index is 11.2. The SMILES string of the molecule is CCCc1cccc2c1OCC(=O)CO2. The van der Waals surface area contributed by atoms with Gasteiger partial charge >= 0.3 is 0 Å². The predicted molar refractivity (Wildman–Crippen MR) is 56.4 cm³/mol. The summed E-state index contributed by atoms with van der Waals surface area (Å²) in [6, 6.07) is 5.79. The number of benzene rings is 1.